The maximum atomic E-state index is 14.3. The average Bonchev–Trinajstić information content (AvgIpc) is 2.85. The minimum atomic E-state index is -0.843. The molecule has 0 saturated carbocycles. The Kier molecular flexibility index (Phi) is 6.62. The van der Waals surface area contributed by atoms with Crippen LogP contribution in [0.1, 0.15) is 28.3 Å². The number of hydrogen-bond donors (Lipinski definition) is 2. The van der Waals surface area contributed by atoms with Crippen molar-refractivity contribution in [2.45, 2.75) is 18.4 Å². The molecule has 1 saturated heterocycles. The van der Waals surface area contributed by atoms with Gasteiger partial charge in [-0.25, -0.2) is 9.18 Å². The molecular weight excluding hydrogens is 501 g/mol. The smallest absolute Gasteiger partial charge is 0.341 e. The molecule has 0 bridgehead atoms. The van der Waals surface area contributed by atoms with Crippen LogP contribution in [-0.4, -0.2) is 47.3 Å². The third-order valence-corrected chi connectivity index (χ3v) is 6.95. The summed E-state index contributed by atoms with van der Waals surface area (Å²) in [6.07, 6.45) is -0.377. The third-order valence-electron chi connectivity index (χ3n) is 6.62. The minimum absolute atomic E-state index is 0.0265. The number of hydrogen-bond acceptors (Lipinski definition) is 7. The molecule has 1 fully saturated rings. The minimum Gasteiger partial charge on any atom is -0.507 e. The fourth-order valence-electron chi connectivity index (χ4n) is 4.82. The molecule has 2 atom stereocenters. The van der Waals surface area contributed by atoms with Crippen molar-refractivity contribution >= 4 is 28.5 Å². The molecule has 0 spiro atoms. The van der Waals surface area contributed by atoms with Gasteiger partial charge in [-0.3, -0.25) is 4.79 Å². The lowest BCUT2D eigenvalue weighted by Crippen LogP contribution is -2.43. The highest BCUT2D eigenvalue weighted by Gasteiger charge is 2.37. The maximum Gasteiger partial charge on any atom is 0.341 e. The summed E-state index contributed by atoms with van der Waals surface area (Å²) in [7, 11) is 1.85. The number of piperidine rings is 1. The number of carbonyl (C=O) groups is 1. The number of aromatic hydroxyl groups is 2. The number of ether oxygens (including phenoxy) is 1. The summed E-state index contributed by atoms with van der Waals surface area (Å²) < 4.78 is 26.1. The number of rotatable bonds is 4. The molecule has 0 amide bonds. The van der Waals surface area contributed by atoms with Gasteiger partial charge in [0.25, 0.3) is 0 Å². The predicted molar refractivity (Wildman–Crippen MR) is 137 cm³/mol. The predicted octanol–water partition coefficient (Wildman–Crippen LogP) is 5.31. The van der Waals surface area contributed by atoms with E-state index in [1.807, 2.05) is 11.9 Å². The molecule has 7 nitrogen and oxygen atoms in total. The van der Waals surface area contributed by atoms with Crippen LogP contribution >= 0.6 is 11.6 Å². The fraction of sp³-hybridized carbons (Fsp3) is 0.214. The quantitative estimate of drug-likeness (QED) is 0.350. The highest BCUT2D eigenvalue weighted by Crippen LogP contribution is 2.43. The summed E-state index contributed by atoms with van der Waals surface area (Å²) in [5.41, 5.74) is -0.0768. The van der Waals surface area contributed by atoms with E-state index in [2.05, 4.69) is 0 Å². The van der Waals surface area contributed by atoms with Gasteiger partial charge in [-0.2, -0.15) is 0 Å². The number of phenolic OH excluding ortho intramolecular Hbond substituents is 2. The second-order valence-electron chi connectivity index (χ2n) is 9.07. The van der Waals surface area contributed by atoms with Gasteiger partial charge in [-0.15, -0.1) is 0 Å². The lowest BCUT2D eigenvalue weighted by atomic mass is 9.85. The number of fused-ring (bicyclic) bond motifs is 1. The number of phenols is 2. The number of halogens is 2. The van der Waals surface area contributed by atoms with E-state index in [-0.39, 0.29) is 33.6 Å². The van der Waals surface area contributed by atoms with Gasteiger partial charge in [-0.1, -0.05) is 35.9 Å². The molecule has 9 heteroatoms. The molecule has 0 radical (unpaired) electrons. The standard InChI is InChI=1S/C28H23ClFNO6/c1-31-11-10-17(24(14-31)37-28(35)16-7-3-5-9-19(16)30)25-20(32)12-21(33)26-22(34)13-23(36-27(25)26)15-6-2-4-8-18(15)29/h2-9,12-13,17,24,32-33H,10-11,14H2,1H3. The monoisotopic (exact) mass is 523 g/mol. The molecule has 2 unspecified atom stereocenters. The largest absolute Gasteiger partial charge is 0.507 e. The molecule has 2 heterocycles. The summed E-state index contributed by atoms with van der Waals surface area (Å²) in [5.74, 6) is -2.76. The van der Waals surface area contributed by atoms with E-state index in [4.69, 9.17) is 20.8 Å². The van der Waals surface area contributed by atoms with Crippen LogP contribution in [0.2, 0.25) is 5.02 Å². The van der Waals surface area contributed by atoms with Crippen molar-refractivity contribution in [3.8, 4) is 22.8 Å². The Bertz CT molecular complexity index is 1570. The first-order chi connectivity index (χ1) is 17.7. The van der Waals surface area contributed by atoms with E-state index in [1.54, 1.807) is 24.3 Å². The summed E-state index contributed by atoms with van der Waals surface area (Å²) in [4.78, 5) is 27.9. The first-order valence-electron chi connectivity index (χ1n) is 11.7. The Hall–Kier alpha value is -3.88. The number of benzene rings is 3. The van der Waals surface area contributed by atoms with Crippen LogP contribution in [0.3, 0.4) is 0 Å². The zero-order chi connectivity index (χ0) is 26.3. The summed E-state index contributed by atoms with van der Waals surface area (Å²) in [6, 6.07) is 14.6. The van der Waals surface area contributed by atoms with Gasteiger partial charge in [0.15, 0.2) is 5.43 Å². The Labute approximate surface area is 216 Å². The van der Waals surface area contributed by atoms with Crippen LogP contribution in [0.15, 0.2) is 69.9 Å². The molecule has 0 aliphatic carbocycles. The normalized spacial score (nSPS) is 18.1. The lowest BCUT2D eigenvalue weighted by Gasteiger charge is -2.36. The van der Waals surface area contributed by atoms with Gasteiger partial charge in [-0.05, 0) is 44.3 Å². The number of carbonyl (C=O) groups excluding carboxylic acids is 1. The van der Waals surface area contributed by atoms with Crippen LogP contribution < -0.4 is 5.43 Å². The molecular formula is C28H23ClFNO6. The first-order valence-corrected chi connectivity index (χ1v) is 12.0. The van der Waals surface area contributed by atoms with E-state index in [9.17, 15) is 24.2 Å². The van der Waals surface area contributed by atoms with E-state index in [1.165, 1.54) is 30.3 Å². The van der Waals surface area contributed by atoms with Crippen molar-refractivity contribution in [3.05, 3.63) is 92.9 Å². The lowest BCUT2D eigenvalue weighted by molar-refractivity contribution is 0.00155. The van der Waals surface area contributed by atoms with Gasteiger partial charge >= 0.3 is 5.97 Å². The number of likely N-dealkylation sites (N-methyl/N-ethyl adjacent to an activating group) is 1. The van der Waals surface area contributed by atoms with Crippen LogP contribution in [0, 0.1) is 5.82 Å². The molecule has 2 N–H and O–H groups in total. The zero-order valence-corrected chi connectivity index (χ0v) is 20.5. The molecule has 190 valence electrons. The maximum absolute atomic E-state index is 14.3. The van der Waals surface area contributed by atoms with E-state index in [0.29, 0.717) is 30.1 Å². The van der Waals surface area contributed by atoms with Gasteiger partial charge < -0.3 is 24.3 Å². The van der Waals surface area contributed by atoms with E-state index >= 15 is 0 Å². The van der Waals surface area contributed by atoms with Crippen LogP contribution in [0.4, 0.5) is 4.39 Å². The Morgan fingerprint density at radius 1 is 1.11 bits per heavy atom. The SMILES string of the molecule is CN1CCC(c2c(O)cc(O)c3c(=O)cc(-c4ccccc4Cl)oc23)C(OC(=O)c2ccccc2F)C1. The first kappa shape index (κ1) is 24.8. The Morgan fingerprint density at radius 3 is 2.59 bits per heavy atom. The highest BCUT2D eigenvalue weighted by atomic mass is 35.5. The Morgan fingerprint density at radius 2 is 1.84 bits per heavy atom. The molecule has 1 aromatic heterocycles. The van der Waals surface area contributed by atoms with Crippen molar-refractivity contribution in [3.63, 3.8) is 0 Å². The zero-order valence-electron chi connectivity index (χ0n) is 19.8. The number of nitrogens with zero attached hydrogens (tertiary/aromatic N) is 1. The van der Waals surface area contributed by atoms with Gasteiger partial charge in [0.1, 0.15) is 40.1 Å². The average molecular weight is 524 g/mol. The summed E-state index contributed by atoms with van der Waals surface area (Å²) >= 11 is 6.33. The second-order valence-corrected chi connectivity index (χ2v) is 9.48. The number of likely N-dealkylation sites (tertiary alicyclic amines) is 1. The van der Waals surface area contributed by atoms with Crippen molar-refractivity contribution in [2.75, 3.05) is 20.1 Å². The van der Waals surface area contributed by atoms with Gasteiger partial charge in [0.2, 0.25) is 0 Å². The van der Waals surface area contributed by atoms with E-state index in [0.717, 1.165) is 6.07 Å². The van der Waals surface area contributed by atoms with Crippen LogP contribution in [0.5, 0.6) is 11.5 Å². The van der Waals surface area contributed by atoms with E-state index < -0.39 is 35.0 Å². The summed E-state index contributed by atoms with van der Waals surface area (Å²) in [6.45, 7) is 0.885. The second kappa shape index (κ2) is 9.88. The van der Waals surface area contributed by atoms with Gasteiger partial charge in [0, 0.05) is 35.7 Å². The molecule has 37 heavy (non-hydrogen) atoms. The van der Waals surface area contributed by atoms with Gasteiger partial charge in [0.05, 0.1) is 10.6 Å². The highest BCUT2D eigenvalue weighted by molar-refractivity contribution is 6.33. The molecule has 4 aromatic rings. The third kappa shape index (κ3) is 4.65. The van der Waals surface area contributed by atoms with Crippen molar-refractivity contribution in [1.82, 2.24) is 4.90 Å². The van der Waals surface area contributed by atoms with Crippen molar-refractivity contribution in [1.29, 1.82) is 0 Å². The Balaban J connectivity index is 1.65. The topological polar surface area (TPSA) is 100 Å². The van der Waals surface area contributed by atoms with Crippen molar-refractivity contribution < 1.29 is 28.6 Å². The van der Waals surface area contributed by atoms with Crippen LogP contribution in [-0.2, 0) is 4.74 Å². The number of esters is 1. The molecule has 1 aliphatic rings. The van der Waals surface area contributed by atoms with Crippen molar-refractivity contribution in [2.24, 2.45) is 0 Å². The molecule has 5 rings (SSSR count). The fourth-order valence-corrected chi connectivity index (χ4v) is 5.05. The van der Waals surface area contributed by atoms with Crippen LogP contribution in [0.25, 0.3) is 22.3 Å². The molecule has 3 aromatic carbocycles. The molecule has 1 aliphatic heterocycles. The summed E-state index contributed by atoms with van der Waals surface area (Å²) in [5, 5.41) is 21.7.